The van der Waals surface area contributed by atoms with Crippen molar-refractivity contribution in [1.82, 2.24) is 9.55 Å². The molecule has 25 heavy (non-hydrogen) atoms. The Bertz CT molecular complexity index is 850. The average molecular weight is 348 g/mol. The van der Waals surface area contributed by atoms with Gasteiger partial charge in [0.2, 0.25) is 11.7 Å². The number of amides is 1. The molecule has 1 N–H and O–H groups in total. The minimum Gasteiger partial charge on any atom is -0.324 e. The van der Waals surface area contributed by atoms with Crippen LogP contribution in [0.4, 0.5) is 15.8 Å². The highest BCUT2D eigenvalue weighted by atomic mass is 19.1. The first-order valence-corrected chi connectivity index (χ1v) is 7.70. The standard InChI is InChI=1S/C16H17FN4O4/c1-2-3-4-11-8-16(23)20(10-18-11)9-15(22)19-12-5-6-13(17)14(7-12)21(24)25/h5-8,10H,2-4,9H2,1H3,(H,19,22). The molecule has 0 saturated heterocycles. The summed E-state index contributed by atoms with van der Waals surface area (Å²) in [4.78, 5) is 37.9. The average Bonchev–Trinajstić information content (AvgIpc) is 2.56. The summed E-state index contributed by atoms with van der Waals surface area (Å²) < 4.78 is 14.4. The van der Waals surface area contributed by atoms with Gasteiger partial charge in [0, 0.05) is 23.5 Å². The molecule has 0 atom stereocenters. The molecule has 0 aliphatic carbocycles. The molecule has 0 radical (unpaired) electrons. The summed E-state index contributed by atoms with van der Waals surface area (Å²) in [7, 11) is 0. The second kappa shape index (κ2) is 8.13. The Morgan fingerprint density at radius 1 is 1.40 bits per heavy atom. The van der Waals surface area contributed by atoms with Gasteiger partial charge in [0.05, 0.1) is 11.3 Å². The lowest BCUT2D eigenvalue weighted by Crippen LogP contribution is -2.28. The second-order valence-electron chi connectivity index (χ2n) is 5.42. The SMILES string of the molecule is CCCCc1cc(=O)n(CC(=O)Nc2ccc(F)c([N+](=O)[O-])c2)cn1. The lowest BCUT2D eigenvalue weighted by atomic mass is 10.2. The fourth-order valence-electron chi connectivity index (χ4n) is 2.16. The lowest BCUT2D eigenvalue weighted by Gasteiger charge is -2.08. The maximum atomic E-state index is 13.3. The van der Waals surface area contributed by atoms with Crippen LogP contribution in [-0.2, 0) is 17.8 Å². The van der Waals surface area contributed by atoms with Gasteiger partial charge in [-0.2, -0.15) is 4.39 Å². The number of nitrogens with one attached hydrogen (secondary N) is 1. The van der Waals surface area contributed by atoms with Crippen molar-refractivity contribution in [3.05, 3.63) is 62.6 Å². The molecule has 0 spiro atoms. The van der Waals surface area contributed by atoms with Crippen molar-refractivity contribution >= 4 is 17.3 Å². The van der Waals surface area contributed by atoms with Gasteiger partial charge in [0.15, 0.2) is 0 Å². The predicted octanol–water partition coefficient (Wildman–Crippen LogP) is 2.27. The van der Waals surface area contributed by atoms with E-state index >= 15 is 0 Å². The zero-order chi connectivity index (χ0) is 18.4. The van der Waals surface area contributed by atoms with Crippen LogP contribution in [0.15, 0.2) is 35.4 Å². The van der Waals surface area contributed by atoms with E-state index in [1.54, 1.807) is 0 Å². The van der Waals surface area contributed by atoms with Gasteiger partial charge in [-0.15, -0.1) is 0 Å². The molecular formula is C16H17FN4O4. The van der Waals surface area contributed by atoms with Crippen molar-refractivity contribution in [2.24, 2.45) is 0 Å². The van der Waals surface area contributed by atoms with Crippen molar-refractivity contribution in [3.8, 4) is 0 Å². The number of carbonyl (C=O) groups excluding carboxylic acids is 1. The first kappa shape index (κ1) is 18.2. The van der Waals surface area contributed by atoms with E-state index in [1.807, 2.05) is 6.92 Å². The number of halogens is 1. The Morgan fingerprint density at radius 2 is 2.16 bits per heavy atom. The molecule has 132 valence electrons. The number of rotatable bonds is 7. The van der Waals surface area contributed by atoms with Crippen LogP contribution in [0.25, 0.3) is 0 Å². The molecule has 0 fully saturated rings. The van der Waals surface area contributed by atoms with E-state index in [1.165, 1.54) is 18.5 Å². The fraction of sp³-hybridized carbons (Fsp3) is 0.312. The summed E-state index contributed by atoms with van der Waals surface area (Å²) in [6, 6.07) is 4.40. The Morgan fingerprint density at radius 3 is 2.80 bits per heavy atom. The molecule has 2 aromatic rings. The van der Waals surface area contributed by atoms with Gasteiger partial charge in [0.25, 0.3) is 5.56 Å². The first-order valence-electron chi connectivity index (χ1n) is 7.70. The molecule has 0 aliphatic rings. The molecule has 1 heterocycles. The highest BCUT2D eigenvalue weighted by molar-refractivity contribution is 5.90. The smallest absolute Gasteiger partial charge is 0.306 e. The summed E-state index contributed by atoms with van der Waals surface area (Å²) in [5, 5.41) is 13.1. The summed E-state index contributed by atoms with van der Waals surface area (Å²) in [5.74, 6) is -1.57. The van der Waals surface area contributed by atoms with Crippen LogP contribution in [-0.4, -0.2) is 20.4 Å². The maximum absolute atomic E-state index is 13.3. The molecule has 2 rings (SSSR count). The topological polar surface area (TPSA) is 107 Å². The summed E-state index contributed by atoms with van der Waals surface area (Å²) >= 11 is 0. The monoisotopic (exact) mass is 348 g/mol. The Balaban J connectivity index is 2.06. The van der Waals surface area contributed by atoms with Crippen molar-refractivity contribution in [1.29, 1.82) is 0 Å². The van der Waals surface area contributed by atoms with E-state index in [9.17, 15) is 24.1 Å². The normalized spacial score (nSPS) is 10.5. The lowest BCUT2D eigenvalue weighted by molar-refractivity contribution is -0.387. The van der Waals surface area contributed by atoms with Gasteiger partial charge in [-0.3, -0.25) is 24.3 Å². The van der Waals surface area contributed by atoms with Gasteiger partial charge in [-0.25, -0.2) is 4.98 Å². The Labute approximate surface area is 142 Å². The van der Waals surface area contributed by atoms with Crippen LogP contribution in [0.5, 0.6) is 0 Å². The van der Waals surface area contributed by atoms with E-state index in [2.05, 4.69) is 10.3 Å². The van der Waals surface area contributed by atoms with Crippen LogP contribution in [0, 0.1) is 15.9 Å². The molecule has 1 aromatic heterocycles. The van der Waals surface area contributed by atoms with E-state index in [4.69, 9.17) is 0 Å². The number of nitro groups is 1. The number of nitrogens with zero attached hydrogens (tertiary/aromatic N) is 3. The molecule has 0 bridgehead atoms. The Kier molecular flexibility index (Phi) is 5.93. The number of unbranched alkanes of at least 4 members (excludes halogenated alkanes) is 1. The number of nitro benzene ring substituents is 1. The van der Waals surface area contributed by atoms with Crippen LogP contribution in [0.2, 0.25) is 0 Å². The molecule has 8 nitrogen and oxygen atoms in total. The Hall–Kier alpha value is -3.10. The molecule has 1 aromatic carbocycles. The summed E-state index contributed by atoms with van der Waals surface area (Å²) in [6.45, 7) is 1.73. The number of anilines is 1. The van der Waals surface area contributed by atoms with Gasteiger partial charge < -0.3 is 5.32 Å². The number of aryl methyl sites for hydroxylation is 1. The maximum Gasteiger partial charge on any atom is 0.306 e. The number of aromatic nitrogens is 2. The molecule has 9 heteroatoms. The molecule has 0 unspecified atom stereocenters. The second-order valence-corrected chi connectivity index (χ2v) is 5.42. The van der Waals surface area contributed by atoms with Crippen LogP contribution in [0.3, 0.4) is 0 Å². The largest absolute Gasteiger partial charge is 0.324 e. The highest BCUT2D eigenvalue weighted by Crippen LogP contribution is 2.21. The number of benzene rings is 1. The number of carbonyl (C=O) groups is 1. The minimum atomic E-state index is -0.994. The first-order chi connectivity index (χ1) is 11.9. The van der Waals surface area contributed by atoms with Gasteiger partial charge in [-0.1, -0.05) is 13.3 Å². The van der Waals surface area contributed by atoms with Crippen molar-refractivity contribution < 1.29 is 14.1 Å². The van der Waals surface area contributed by atoms with Crippen molar-refractivity contribution in [2.45, 2.75) is 32.7 Å². The third-order valence-corrected chi connectivity index (χ3v) is 3.46. The van der Waals surface area contributed by atoms with Gasteiger partial charge in [-0.05, 0) is 25.0 Å². The molecule has 1 amide bonds. The number of hydrogen-bond acceptors (Lipinski definition) is 5. The van der Waals surface area contributed by atoms with Gasteiger partial charge in [0.1, 0.15) is 6.54 Å². The predicted molar refractivity (Wildman–Crippen MR) is 88.8 cm³/mol. The summed E-state index contributed by atoms with van der Waals surface area (Å²) in [5.41, 5.74) is -0.366. The molecule has 0 saturated carbocycles. The fourth-order valence-corrected chi connectivity index (χ4v) is 2.16. The van der Waals surface area contributed by atoms with E-state index in [-0.39, 0.29) is 17.8 Å². The van der Waals surface area contributed by atoms with E-state index in [0.717, 1.165) is 29.5 Å². The van der Waals surface area contributed by atoms with Gasteiger partial charge >= 0.3 is 5.69 Å². The van der Waals surface area contributed by atoms with E-state index in [0.29, 0.717) is 12.1 Å². The summed E-state index contributed by atoms with van der Waals surface area (Å²) in [6.07, 6.45) is 3.88. The third-order valence-electron chi connectivity index (χ3n) is 3.46. The van der Waals surface area contributed by atoms with Crippen molar-refractivity contribution in [3.63, 3.8) is 0 Å². The number of hydrogen-bond donors (Lipinski definition) is 1. The zero-order valence-corrected chi connectivity index (χ0v) is 13.6. The van der Waals surface area contributed by atoms with E-state index < -0.39 is 22.3 Å². The molecular weight excluding hydrogens is 331 g/mol. The van der Waals surface area contributed by atoms with Crippen LogP contribution in [0.1, 0.15) is 25.5 Å². The van der Waals surface area contributed by atoms with Crippen LogP contribution < -0.4 is 10.9 Å². The third kappa shape index (κ3) is 4.93. The minimum absolute atomic E-state index is 0.0682. The molecule has 0 aliphatic heterocycles. The zero-order valence-electron chi connectivity index (χ0n) is 13.6. The van der Waals surface area contributed by atoms with Crippen LogP contribution >= 0.6 is 0 Å². The quantitative estimate of drug-likeness (QED) is 0.610. The highest BCUT2D eigenvalue weighted by Gasteiger charge is 2.15. The van der Waals surface area contributed by atoms with Crippen molar-refractivity contribution in [2.75, 3.05) is 5.32 Å².